The van der Waals surface area contributed by atoms with Crippen molar-refractivity contribution in [2.75, 3.05) is 0 Å². The number of hydrogen-bond acceptors (Lipinski definition) is 3. The number of fused-ring (bicyclic) bond motifs is 2. The Morgan fingerprint density at radius 1 is 1.04 bits per heavy atom. The summed E-state index contributed by atoms with van der Waals surface area (Å²) in [4.78, 5) is 4.43. The van der Waals surface area contributed by atoms with Gasteiger partial charge < -0.3 is 0 Å². The van der Waals surface area contributed by atoms with Gasteiger partial charge in [-0.3, -0.25) is 0 Å². The van der Waals surface area contributed by atoms with Gasteiger partial charge in [-0.1, -0.05) is 47.5 Å². The summed E-state index contributed by atoms with van der Waals surface area (Å²) in [6, 6.07) is 13.6. The minimum absolute atomic E-state index is 0.462. The largest absolute Gasteiger partial charge is 0.236 e. The number of halogens is 2. The summed E-state index contributed by atoms with van der Waals surface area (Å²) in [6.45, 7) is 2.01. The van der Waals surface area contributed by atoms with Gasteiger partial charge in [-0.2, -0.15) is 0 Å². The number of benzene rings is 2. The summed E-state index contributed by atoms with van der Waals surface area (Å²) < 4.78 is 1.80. The van der Waals surface area contributed by atoms with E-state index >= 15 is 0 Å². The molecule has 2 heterocycles. The highest BCUT2D eigenvalue weighted by atomic mass is 35.5. The van der Waals surface area contributed by atoms with Gasteiger partial charge in [0.1, 0.15) is 10.7 Å². The van der Waals surface area contributed by atoms with E-state index in [1.54, 1.807) is 4.68 Å². The SMILES string of the molecule is CCc1c(Cl)nc2ccc(-n3nnc4ccccc43)cc2c1Cl. The van der Waals surface area contributed by atoms with Crippen molar-refractivity contribution < 1.29 is 0 Å². The Hall–Kier alpha value is -2.17. The topological polar surface area (TPSA) is 43.6 Å². The van der Waals surface area contributed by atoms with E-state index in [0.717, 1.165) is 39.6 Å². The van der Waals surface area contributed by atoms with Crippen molar-refractivity contribution in [3.63, 3.8) is 0 Å². The smallest absolute Gasteiger partial charge is 0.134 e. The van der Waals surface area contributed by atoms with Crippen molar-refractivity contribution in [2.24, 2.45) is 0 Å². The van der Waals surface area contributed by atoms with E-state index in [9.17, 15) is 0 Å². The lowest BCUT2D eigenvalue weighted by molar-refractivity contribution is 0.825. The first-order chi connectivity index (χ1) is 11.2. The Kier molecular flexibility index (Phi) is 3.43. The summed E-state index contributed by atoms with van der Waals surface area (Å²) in [5.74, 6) is 0. The fourth-order valence-electron chi connectivity index (χ4n) is 2.72. The molecule has 0 N–H and O–H groups in total. The Morgan fingerprint density at radius 2 is 1.87 bits per heavy atom. The van der Waals surface area contributed by atoms with E-state index in [2.05, 4.69) is 15.3 Å². The molecular formula is C17H12Cl2N4. The monoisotopic (exact) mass is 342 g/mol. The molecule has 6 heteroatoms. The van der Waals surface area contributed by atoms with Gasteiger partial charge in [0.2, 0.25) is 0 Å². The zero-order valence-corrected chi connectivity index (χ0v) is 13.8. The summed E-state index contributed by atoms with van der Waals surface area (Å²) in [5, 5.41) is 10.4. The van der Waals surface area contributed by atoms with Crippen LogP contribution in [0.25, 0.3) is 27.6 Å². The summed E-state index contributed by atoms with van der Waals surface area (Å²) in [7, 11) is 0. The molecule has 0 bridgehead atoms. The van der Waals surface area contributed by atoms with Gasteiger partial charge in [0.15, 0.2) is 0 Å². The predicted molar refractivity (Wildman–Crippen MR) is 93.6 cm³/mol. The van der Waals surface area contributed by atoms with E-state index in [1.807, 2.05) is 49.4 Å². The Labute approximate surface area is 142 Å². The summed E-state index contributed by atoms with van der Waals surface area (Å²) >= 11 is 12.7. The van der Waals surface area contributed by atoms with Gasteiger partial charge >= 0.3 is 0 Å². The normalized spacial score (nSPS) is 11.4. The Bertz CT molecular complexity index is 1040. The fourth-order valence-corrected chi connectivity index (χ4v) is 3.46. The minimum atomic E-state index is 0.462. The Morgan fingerprint density at radius 3 is 2.70 bits per heavy atom. The van der Waals surface area contributed by atoms with Crippen LogP contribution in [0.3, 0.4) is 0 Å². The van der Waals surface area contributed by atoms with Gasteiger partial charge in [-0.05, 0) is 36.8 Å². The van der Waals surface area contributed by atoms with Crippen molar-refractivity contribution >= 4 is 45.1 Å². The fraction of sp³-hybridized carbons (Fsp3) is 0.118. The van der Waals surface area contributed by atoms with E-state index in [0.29, 0.717) is 10.2 Å². The highest BCUT2D eigenvalue weighted by molar-refractivity contribution is 6.39. The molecule has 4 rings (SSSR count). The number of hydrogen-bond donors (Lipinski definition) is 0. The van der Waals surface area contributed by atoms with Crippen LogP contribution in [0.5, 0.6) is 0 Å². The van der Waals surface area contributed by atoms with Crippen LogP contribution in [0.4, 0.5) is 0 Å². The van der Waals surface area contributed by atoms with Crippen LogP contribution in [-0.2, 0) is 6.42 Å². The van der Waals surface area contributed by atoms with E-state index in [-0.39, 0.29) is 0 Å². The standard InChI is InChI=1S/C17H12Cl2N4/c1-2-11-16(18)12-9-10(7-8-13(12)20-17(11)19)23-15-6-4-3-5-14(15)21-22-23/h3-9H,2H2,1H3. The molecule has 0 fully saturated rings. The molecular weight excluding hydrogens is 331 g/mol. The van der Waals surface area contributed by atoms with Crippen LogP contribution in [0.1, 0.15) is 12.5 Å². The summed E-state index contributed by atoms with van der Waals surface area (Å²) in [6.07, 6.45) is 0.733. The lowest BCUT2D eigenvalue weighted by Gasteiger charge is -2.09. The molecule has 114 valence electrons. The van der Waals surface area contributed by atoms with E-state index in [4.69, 9.17) is 23.2 Å². The van der Waals surface area contributed by atoms with E-state index < -0.39 is 0 Å². The Balaban J connectivity index is 1.98. The molecule has 0 unspecified atom stereocenters. The maximum Gasteiger partial charge on any atom is 0.134 e. The first-order valence-corrected chi connectivity index (χ1v) is 8.03. The zero-order valence-electron chi connectivity index (χ0n) is 12.3. The predicted octanol–water partition coefficient (Wildman–Crippen LogP) is 4.84. The quantitative estimate of drug-likeness (QED) is 0.489. The van der Waals surface area contributed by atoms with Crippen LogP contribution in [-0.4, -0.2) is 20.0 Å². The van der Waals surface area contributed by atoms with Crippen molar-refractivity contribution in [1.82, 2.24) is 20.0 Å². The van der Waals surface area contributed by atoms with Crippen molar-refractivity contribution in [3.05, 3.63) is 58.2 Å². The molecule has 23 heavy (non-hydrogen) atoms. The highest BCUT2D eigenvalue weighted by Gasteiger charge is 2.13. The molecule has 0 radical (unpaired) electrons. The number of pyridine rings is 1. The van der Waals surface area contributed by atoms with Gasteiger partial charge in [0.05, 0.1) is 21.7 Å². The third-order valence-corrected chi connectivity index (χ3v) is 4.64. The molecule has 0 atom stereocenters. The lowest BCUT2D eigenvalue weighted by Crippen LogP contribution is -1.98. The van der Waals surface area contributed by atoms with Crippen LogP contribution < -0.4 is 0 Å². The second kappa shape index (κ2) is 5.48. The van der Waals surface area contributed by atoms with Crippen LogP contribution >= 0.6 is 23.2 Å². The lowest BCUT2D eigenvalue weighted by atomic mass is 10.1. The first kappa shape index (κ1) is 14.4. The average Bonchev–Trinajstić information content (AvgIpc) is 2.99. The second-order valence-corrected chi connectivity index (χ2v) is 5.98. The maximum atomic E-state index is 6.53. The second-order valence-electron chi connectivity index (χ2n) is 5.24. The van der Waals surface area contributed by atoms with E-state index in [1.165, 1.54) is 0 Å². The third kappa shape index (κ3) is 2.26. The van der Waals surface area contributed by atoms with Crippen LogP contribution in [0.15, 0.2) is 42.5 Å². The molecule has 0 saturated heterocycles. The number of nitrogens with zero attached hydrogens (tertiary/aromatic N) is 4. The molecule has 0 aliphatic carbocycles. The van der Waals surface area contributed by atoms with Crippen LogP contribution in [0, 0.1) is 0 Å². The number of rotatable bonds is 2. The molecule has 4 nitrogen and oxygen atoms in total. The molecule has 0 spiro atoms. The van der Waals surface area contributed by atoms with Crippen molar-refractivity contribution in [2.45, 2.75) is 13.3 Å². The number of para-hydroxylation sites is 1. The maximum absolute atomic E-state index is 6.53. The first-order valence-electron chi connectivity index (χ1n) is 7.27. The van der Waals surface area contributed by atoms with Gasteiger partial charge in [0, 0.05) is 10.9 Å². The average molecular weight is 343 g/mol. The molecule has 4 aromatic rings. The zero-order chi connectivity index (χ0) is 16.0. The minimum Gasteiger partial charge on any atom is -0.236 e. The highest BCUT2D eigenvalue weighted by Crippen LogP contribution is 2.32. The summed E-state index contributed by atoms with van der Waals surface area (Å²) in [5.41, 5.74) is 4.31. The van der Waals surface area contributed by atoms with Crippen molar-refractivity contribution in [3.8, 4) is 5.69 Å². The molecule has 2 aromatic heterocycles. The molecule has 2 aromatic carbocycles. The molecule has 0 aliphatic rings. The van der Waals surface area contributed by atoms with Gasteiger partial charge in [-0.15, -0.1) is 5.10 Å². The van der Waals surface area contributed by atoms with Crippen LogP contribution in [0.2, 0.25) is 10.2 Å². The number of aromatic nitrogens is 4. The van der Waals surface area contributed by atoms with Gasteiger partial charge in [-0.25, -0.2) is 9.67 Å². The third-order valence-electron chi connectivity index (χ3n) is 3.90. The molecule has 0 saturated carbocycles. The van der Waals surface area contributed by atoms with Gasteiger partial charge in [0.25, 0.3) is 0 Å². The van der Waals surface area contributed by atoms with Crippen molar-refractivity contribution in [1.29, 1.82) is 0 Å². The molecule has 0 amide bonds. The molecule has 0 aliphatic heterocycles.